The summed E-state index contributed by atoms with van der Waals surface area (Å²) >= 11 is 0. The highest BCUT2D eigenvalue weighted by Crippen LogP contribution is 2.24. The van der Waals surface area contributed by atoms with Crippen molar-refractivity contribution in [3.63, 3.8) is 0 Å². The summed E-state index contributed by atoms with van der Waals surface area (Å²) in [5, 5.41) is 1.88. The maximum Gasteiger partial charge on any atom is 0.211 e. The number of sulfonamides is 1. The van der Waals surface area contributed by atoms with Crippen molar-refractivity contribution in [3.8, 4) is 11.4 Å². The van der Waals surface area contributed by atoms with E-state index in [0.717, 1.165) is 27.9 Å². The number of aromatic nitrogens is 4. The molecule has 0 unspecified atom stereocenters. The predicted octanol–water partition coefficient (Wildman–Crippen LogP) is 1.81. The van der Waals surface area contributed by atoms with Crippen molar-refractivity contribution >= 4 is 26.6 Å². The van der Waals surface area contributed by atoms with Gasteiger partial charge in [-0.3, -0.25) is 14.8 Å². The van der Waals surface area contributed by atoms with Crippen LogP contribution < -0.4 is 0 Å². The van der Waals surface area contributed by atoms with Gasteiger partial charge in [0.2, 0.25) is 10.0 Å². The lowest BCUT2D eigenvalue weighted by atomic mass is 9.91. The maximum absolute atomic E-state index is 12.7. The minimum absolute atomic E-state index is 0.117. The first-order chi connectivity index (χ1) is 13.8. The third-order valence-electron chi connectivity index (χ3n) is 5.47. The van der Waals surface area contributed by atoms with Crippen molar-refractivity contribution in [3.05, 3.63) is 42.7 Å². The number of ketones is 1. The number of piperidine rings is 1. The molecule has 0 atom stereocenters. The van der Waals surface area contributed by atoms with Crippen LogP contribution in [-0.2, 0) is 28.3 Å². The second kappa shape index (κ2) is 7.64. The fraction of sp³-hybridized carbons (Fsp3) is 0.400. The largest absolute Gasteiger partial charge is 0.332 e. The Hall–Kier alpha value is -2.65. The summed E-state index contributed by atoms with van der Waals surface area (Å²) in [4.78, 5) is 25.8. The van der Waals surface area contributed by atoms with E-state index < -0.39 is 10.0 Å². The van der Waals surface area contributed by atoms with Crippen LogP contribution in [0.2, 0.25) is 0 Å². The topological polar surface area (TPSA) is 98.1 Å². The molecule has 4 rings (SSSR count). The molecule has 1 fully saturated rings. The Labute approximate surface area is 169 Å². The van der Waals surface area contributed by atoms with Crippen LogP contribution in [0.15, 0.2) is 37.1 Å². The number of hydrogen-bond donors (Lipinski definition) is 0. The Morgan fingerprint density at radius 1 is 1.10 bits per heavy atom. The predicted molar refractivity (Wildman–Crippen MR) is 110 cm³/mol. The smallest absolute Gasteiger partial charge is 0.211 e. The van der Waals surface area contributed by atoms with E-state index in [1.165, 1.54) is 10.6 Å². The third kappa shape index (κ3) is 4.20. The molecule has 0 amide bonds. The SMILES string of the molecule is Cn1cncc1-c1cc2cc(CC(=O)C3CCN(S(C)(=O)=O)CC3)ncc2cn1. The average Bonchev–Trinajstić information content (AvgIpc) is 3.13. The van der Waals surface area contributed by atoms with E-state index in [2.05, 4.69) is 15.0 Å². The first kappa shape index (κ1) is 19.7. The van der Waals surface area contributed by atoms with E-state index in [9.17, 15) is 13.2 Å². The second-order valence-electron chi connectivity index (χ2n) is 7.56. The molecule has 0 bridgehead atoms. The van der Waals surface area contributed by atoms with E-state index >= 15 is 0 Å². The zero-order valence-corrected chi connectivity index (χ0v) is 17.3. The van der Waals surface area contributed by atoms with E-state index in [-0.39, 0.29) is 18.1 Å². The minimum atomic E-state index is -3.19. The number of imidazole rings is 1. The van der Waals surface area contributed by atoms with E-state index in [0.29, 0.717) is 25.9 Å². The standard InChI is InChI=1S/C20H23N5O3S/c1-24-13-21-12-19(24)18-8-15-7-17(22-10-16(15)11-23-18)9-20(26)14-3-5-25(6-4-14)29(2,27)28/h7-8,10-14H,3-6,9H2,1-2H3. The van der Waals surface area contributed by atoms with Gasteiger partial charge in [0, 0.05) is 55.9 Å². The van der Waals surface area contributed by atoms with E-state index in [4.69, 9.17) is 0 Å². The van der Waals surface area contributed by atoms with Crippen LogP contribution >= 0.6 is 0 Å². The van der Waals surface area contributed by atoms with Gasteiger partial charge in [-0.05, 0) is 30.4 Å². The Kier molecular flexibility index (Phi) is 5.18. The van der Waals surface area contributed by atoms with Gasteiger partial charge in [-0.1, -0.05) is 0 Å². The van der Waals surface area contributed by atoms with Gasteiger partial charge >= 0.3 is 0 Å². The van der Waals surface area contributed by atoms with Crippen molar-refractivity contribution in [2.75, 3.05) is 19.3 Å². The average molecular weight is 414 g/mol. The van der Waals surface area contributed by atoms with Gasteiger partial charge in [-0.25, -0.2) is 17.7 Å². The van der Waals surface area contributed by atoms with Crippen molar-refractivity contribution in [1.82, 2.24) is 23.8 Å². The summed E-state index contributed by atoms with van der Waals surface area (Å²) in [6.07, 6.45) is 9.60. The number of nitrogens with zero attached hydrogens (tertiary/aromatic N) is 5. The molecule has 8 nitrogen and oxygen atoms in total. The Balaban J connectivity index is 1.49. The monoisotopic (exact) mass is 413 g/mol. The molecular formula is C20H23N5O3S. The van der Waals surface area contributed by atoms with E-state index in [1.807, 2.05) is 23.7 Å². The number of carbonyl (C=O) groups is 1. The van der Waals surface area contributed by atoms with Crippen LogP contribution in [0.4, 0.5) is 0 Å². The zero-order chi connectivity index (χ0) is 20.6. The van der Waals surface area contributed by atoms with Gasteiger partial charge in [-0.2, -0.15) is 0 Å². The summed E-state index contributed by atoms with van der Waals surface area (Å²) in [5.41, 5.74) is 2.45. The number of carbonyl (C=O) groups excluding carboxylic acids is 1. The Bertz CT molecular complexity index is 1160. The third-order valence-corrected chi connectivity index (χ3v) is 6.78. The molecule has 0 radical (unpaired) electrons. The number of Topliss-reactive ketones (excluding diaryl/α,β-unsaturated/α-hetero) is 1. The van der Waals surface area contributed by atoms with E-state index in [1.54, 1.807) is 24.9 Å². The molecule has 29 heavy (non-hydrogen) atoms. The van der Waals surface area contributed by atoms with Gasteiger partial charge in [0.05, 0.1) is 30.2 Å². The quantitative estimate of drug-likeness (QED) is 0.633. The number of hydrogen-bond acceptors (Lipinski definition) is 6. The van der Waals surface area contributed by atoms with Crippen molar-refractivity contribution in [1.29, 1.82) is 0 Å². The summed E-state index contributed by atoms with van der Waals surface area (Å²) in [7, 11) is -1.27. The molecule has 0 N–H and O–H groups in total. The molecule has 0 spiro atoms. The fourth-order valence-electron chi connectivity index (χ4n) is 3.76. The highest BCUT2D eigenvalue weighted by Gasteiger charge is 2.28. The van der Waals surface area contributed by atoms with Crippen molar-refractivity contribution in [2.24, 2.45) is 13.0 Å². The highest BCUT2D eigenvalue weighted by molar-refractivity contribution is 7.88. The normalized spacial score (nSPS) is 16.3. The Morgan fingerprint density at radius 3 is 2.48 bits per heavy atom. The van der Waals surface area contributed by atoms with Gasteiger partial charge < -0.3 is 4.57 Å². The summed E-state index contributed by atoms with van der Waals surface area (Å²) in [6.45, 7) is 0.806. The van der Waals surface area contributed by atoms with Crippen LogP contribution in [0.1, 0.15) is 18.5 Å². The van der Waals surface area contributed by atoms with Gasteiger partial charge in [-0.15, -0.1) is 0 Å². The van der Waals surface area contributed by atoms with Crippen LogP contribution in [0.25, 0.3) is 22.2 Å². The summed E-state index contributed by atoms with van der Waals surface area (Å²) in [5.74, 6) is -0.00106. The minimum Gasteiger partial charge on any atom is -0.332 e. The lowest BCUT2D eigenvalue weighted by Gasteiger charge is -2.29. The summed E-state index contributed by atoms with van der Waals surface area (Å²) in [6, 6.07) is 3.91. The molecule has 0 saturated carbocycles. The van der Waals surface area contributed by atoms with Crippen LogP contribution in [0.3, 0.4) is 0 Å². The zero-order valence-electron chi connectivity index (χ0n) is 16.4. The number of fused-ring (bicyclic) bond motifs is 1. The lowest BCUT2D eigenvalue weighted by molar-refractivity contribution is -0.123. The van der Waals surface area contributed by atoms with Crippen LogP contribution in [0.5, 0.6) is 0 Å². The molecule has 1 aliphatic heterocycles. The van der Waals surface area contributed by atoms with Gasteiger partial charge in [0.25, 0.3) is 0 Å². The molecule has 1 saturated heterocycles. The molecule has 3 aromatic rings. The number of aryl methyl sites for hydroxylation is 1. The van der Waals surface area contributed by atoms with Gasteiger partial charge in [0.1, 0.15) is 5.78 Å². The molecule has 0 aromatic carbocycles. The lowest BCUT2D eigenvalue weighted by Crippen LogP contribution is -2.39. The molecule has 9 heteroatoms. The molecule has 0 aliphatic carbocycles. The first-order valence-electron chi connectivity index (χ1n) is 9.50. The number of pyridine rings is 2. The molecule has 1 aliphatic rings. The first-order valence-corrected chi connectivity index (χ1v) is 11.4. The van der Waals surface area contributed by atoms with Gasteiger partial charge in [0.15, 0.2) is 0 Å². The maximum atomic E-state index is 12.7. The Morgan fingerprint density at radius 2 is 1.83 bits per heavy atom. The summed E-state index contributed by atoms with van der Waals surface area (Å²) < 4.78 is 26.6. The number of rotatable bonds is 5. The molecular weight excluding hydrogens is 390 g/mol. The van der Waals surface area contributed by atoms with Crippen molar-refractivity contribution < 1.29 is 13.2 Å². The molecule has 152 valence electrons. The molecule has 3 aromatic heterocycles. The second-order valence-corrected chi connectivity index (χ2v) is 9.54. The molecule has 4 heterocycles. The highest BCUT2D eigenvalue weighted by atomic mass is 32.2. The van der Waals surface area contributed by atoms with Crippen LogP contribution in [-0.4, -0.2) is 57.4 Å². The fourth-order valence-corrected chi connectivity index (χ4v) is 4.63. The van der Waals surface area contributed by atoms with Crippen molar-refractivity contribution in [2.45, 2.75) is 19.3 Å². The van der Waals surface area contributed by atoms with Crippen LogP contribution in [0, 0.1) is 5.92 Å².